The maximum atomic E-state index is 13.6. The summed E-state index contributed by atoms with van der Waals surface area (Å²) in [6.07, 6.45) is -1.09. The molecule has 10 heteroatoms. The van der Waals surface area contributed by atoms with Crippen LogP contribution in [0.25, 0.3) is 11.0 Å². The van der Waals surface area contributed by atoms with Crippen molar-refractivity contribution in [2.45, 2.75) is 56.7 Å². The highest BCUT2D eigenvalue weighted by molar-refractivity contribution is 6.06. The molecule has 0 spiro atoms. The smallest absolute Gasteiger partial charge is 0.392 e. The maximum Gasteiger partial charge on any atom is 0.394 e. The van der Waals surface area contributed by atoms with Gasteiger partial charge in [0.05, 0.1) is 29.6 Å². The summed E-state index contributed by atoms with van der Waals surface area (Å²) in [7, 11) is 0. The highest BCUT2D eigenvalue weighted by Gasteiger charge is 2.71. The second kappa shape index (κ2) is 9.29. The van der Waals surface area contributed by atoms with Gasteiger partial charge in [0.1, 0.15) is 0 Å². The Bertz CT molecular complexity index is 1270. The molecule has 3 heterocycles. The molecule has 5 aliphatic rings. The molecule has 3 saturated carbocycles. The predicted molar refractivity (Wildman–Crippen MR) is 134 cm³/mol. The normalized spacial score (nSPS) is 37.5. The fraction of sp³-hybridized carbons (Fsp3) is 0.690. The predicted octanol–water partition coefficient (Wildman–Crippen LogP) is 4.21. The van der Waals surface area contributed by atoms with E-state index < -0.39 is 47.8 Å². The molecule has 2 bridgehead atoms. The number of aromatic nitrogens is 1. The summed E-state index contributed by atoms with van der Waals surface area (Å²) < 4.78 is 46.4. The first-order valence-corrected chi connectivity index (χ1v) is 14.4. The summed E-state index contributed by atoms with van der Waals surface area (Å²) in [6.45, 7) is 3.09. The Kier molecular flexibility index (Phi) is 6.08. The van der Waals surface area contributed by atoms with Crippen molar-refractivity contribution in [3.05, 3.63) is 30.0 Å². The van der Waals surface area contributed by atoms with Crippen LogP contribution in [-0.4, -0.2) is 70.3 Å². The summed E-state index contributed by atoms with van der Waals surface area (Å²) in [6, 6.07) is 7.94. The second-order valence-electron chi connectivity index (χ2n) is 12.5. The average molecular weight is 546 g/mol. The number of aliphatic hydroxyl groups excluding tert-OH is 1. The molecular weight excluding hydrogens is 511 g/mol. The van der Waals surface area contributed by atoms with Gasteiger partial charge in [-0.05, 0) is 81.0 Å². The molecular formula is C29H34F3N3O4. The number of hydrogen-bond donors (Lipinski definition) is 1. The first kappa shape index (κ1) is 25.5. The summed E-state index contributed by atoms with van der Waals surface area (Å²) in [5.74, 6) is -5.31. The highest BCUT2D eigenvalue weighted by Crippen LogP contribution is 2.62. The molecule has 0 radical (unpaired) electrons. The lowest BCUT2D eigenvalue weighted by atomic mass is 9.73. The Morgan fingerprint density at radius 3 is 2.33 bits per heavy atom. The number of fused-ring (bicyclic) bond motifs is 6. The standard InChI is InChI=1S/C29H34F3N3O4/c30-29(31,32)24-19-12-20(26(24)36)23-22(19)27(37)35(28(23)38)14-17-5-3-4-16(17)13-34-10-8-15(9-11-34)25-18-6-1-2-7-21(18)39-33-25/h1-2,6-7,15-17,19-20,22-24,26,36H,3-5,8-14H2/t16-,17-,19?,20?,22?,23?,24?,26?/m1/s1. The molecule has 6 unspecified atom stereocenters. The van der Waals surface area contributed by atoms with Gasteiger partial charge in [-0.15, -0.1) is 0 Å². The molecule has 7 nitrogen and oxygen atoms in total. The van der Waals surface area contributed by atoms with Crippen LogP contribution >= 0.6 is 0 Å². The Hall–Kier alpha value is -2.46. The first-order chi connectivity index (χ1) is 18.7. The van der Waals surface area contributed by atoms with E-state index in [0.29, 0.717) is 18.4 Å². The number of alkyl halides is 3. The van der Waals surface area contributed by atoms with E-state index in [-0.39, 0.29) is 18.2 Å². The lowest BCUT2D eigenvalue weighted by Gasteiger charge is -2.35. The summed E-state index contributed by atoms with van der Waals surface area (Å²) in [5.41, 5.74) is 1.85. The van der Waals surface area contributed by atoms with Crippen molar-refractivity contribution in [3.63, 3.8) is 0 Å². The van der Waals surface area contributed by atoms with Crippen molar-refractivity contribution < 1.29 is 32.4 Å². The van der Waals surface area contributed by atoms with Gasteiger partial charge in [-0.2, -0.15) is 13.2 Å². The van der Waals surface area contributed by atoms with E-state index in [0.717, 1.165) is 68.4 Å². The molecule has 2 saturated heterocycles. The number of imide groups is 1. The average Bonchev–Trinajstić information content (AvgIpc) is 3.71. The number of para-hydroxylation sites is 1. The van der Waals surface area contributed by atoms with E-state index in [1.807, 2.05) is 18.2 Å². The largest absolute Gasteiger partial charge is 0.394 e. The quantitative estimate of drug-likeness (QED) is 0.567. The van der Waals surface area contributed by atoms with E-state index in [1.165, 1.54) is 4.90 Å². The molecule has 2 aliphatic heterocycles. The van der Waals surface area contributed by atoms with Crippen molar-refractivity contribution in [3.8, 4) is 0 Å². The lowest BCUT2D eigenvalue weighted by molar-refractivity contribution is -0.219. The van der Waals surface area contributed by atoms with Gasteiger partial charge in [0.25, 0.3) is 0 Å². The summed E-state index contributed by atoms with van der Waals surface area (Å²) in [4.78, 5) is 30.4. The number of rotatable bonds is 5. The Labute approximate surface area is 224 Å². The van der Waals surface area contributed by atoms with Gasteiger partial charge in [0.2, 0.25) is 11.8 Å². The van der Waals surface area contributed by atoms with Crippen LogP contribution in [0, 0.1) is 41.4 Å². The zero-order chi connectivity index (χ0) is 27.1. The van der Waals surface area contributed by atoms with E-state index in [4.69, 9.17) is 4.52 Å². The topological polar surface area (TPSA) is 86.9 Å². The Balaban J connectivity index is 0.982. The molecule has 8 atom stereocenters. The third-order valence-corrected chi connectivity index (χ3v) is 10.7. The van der Waals surface area contributed by atoms with Crippen LogP contribution in [0.15, 0.2) is 28.8 Å². The summed E-state index contributed by atoms with van der Waals surface area (Å²) in [5, 5.41) is 15.8. The van der Waals surface area contributed by atoms with E-state index >= 15 is 0 Å². The van der Waals surface area contributed by atoms with Crippen LogP contribution in [0.2, 0.25) is 0 Å². The fourth-order valence-corrected chi connectivity index (χ4v) is 8.89. The number of piperidine rings is 1. The first-order valence-electron chi connectivity index (χ1n) is 14.4. The van der Waals surface area contributed by atoms with Crippen molar-refractivity contribution in [2.75, 3.05) is 26.2 Å². The van der Waals surface area contributed by atoms with Crippen molar-refractivity contribution in [1.82, 2.24) is 15.0 Å². The maximum absolute atomic E-state index is 13.6. The molecule has 210 valence electrons. The number of nitrogens with zero attached hydrogens (tertiary/aromatic N) is 3. The van der Waals surface area contributed by atoms with Gasteiger partial charge in [-0.1, -0.05) is 23.7 Å². The van der Waals surface area contributed by atoms with Gasteiger partial charge >= 0.3 is 6.18 Å². The van der Waals surface area contributed by atoms with Crippen LogP contribution < -0.4 is 0 Å². The van der Waals surface area contributed by atoms with Crippen LogP contribution in [-0.2, 0) is 9.59 Å². The molecule has 39 heavy (non-hydrogen) atoms. The number of benzene rings is 1. The SMILES string of the molecule is O=C1C2C3CC(C2C(=O)N1C[C@H]1CCC[C@@H]1CN1CCC(c2noc4ccccc24)CC1)C(C(F)(F)F)C3O. The molecule has 1 aromatic heterocycles. The highest BCUT2D eigenvalue weighted by atomic mass is 19.4. The van der Waals surface area contributed by atoms with E-state index in [9.17, 15) is 27.9 Å². The van der Waals surface area contributed by atoms with Crippen molar-refractivity contribution in [2.24, 2.45) is 41.4 Å². The molecule has 1 aromatic carbocycles. The van der Waals surface area contributed by atoms with Gasteiger partial charge in [0.15, 0.2) is 5.58 Å². The number of likely N-dealkylation sites (tertiary alicyclic amines) is 2. The number of halogens is 3. The number of hydrogen-bond acceptors (Lipinski definition) is 6. The Morgan fingerprint density at radius 2 is 1.62 bits per heavy atom. The molecule has 3 aliphatic carbocycles. The number of carbonyl (C=O) groups excluding carboxylic acids is 2. The van der Waals surface area contributed by atoms with Crippen LogP contribution in [0.4, 0.5) is 13.2 Å². The molecule has 1 N–H and O–H groups in total. The van der Waals surface area contributed by atoms with Gasteiger partial charge in [-0.25, -0.2) is 0 Å². The zero-order valence-corrected chi connectivity index (χ0v) is 21.7. The number of aliphatic hydroxyl groups is 1. The molecule has 7 rings (SSSR count). The minimum atomic E-state index is -4.56. The monoisotopic (exact) mass is 545 g/mol. The van der Waals surface area contributed by atoms with Crippen LogP contribution in [0.5, 0.6) is 0 Å². The van der Waals surface area contributed by atoms with Crippen LogP contribution in [0.1, 0.15) is 50.1 Å². The lowest BCUT2D eigenvalue weighted by Crippen LogP contribution is -2.46. The molecule has 2 amide bonds. The van der Waals surface area contributed by atoms with E-state index in [2.05, 4.69) is 16.1 Å². The minimum Gasteiger partial charge on any atom is -0.392 e. The Morgan fingerprint density at radius 1 is 0.949 bits per heavy atom. The van der Waals surface area contributed by atoms with Gasteiger partial charge in [-0.3, -0.25) is 14.5 Å². The summed E-state index contributed by atoms with van der Waals surface area (Å²) >= 11 is 0. The molecule has 2 aromatic rings. The van der Waals surface area contributed by atoms with Gasteiger partial charge in [0, 0.05) is 24.4 Å². The third-order valence-electron chi connectivity index (χ3n) is 10.7. The fourth-order valence-electron chi connectivity index (χ4n) is 8.89. The van der Waals surface area contributed by atoms with Gasteiger partial charge < -0.3 is 14.5 Å². The van der Waals surface area contributed by atoms with Crippen molar-refractivity contribution in [1.29, 1.82) is 0 Å². The third kappa shape index (κ3) is 4.04. The minimum absolute atomic E-state index is 0.109. The van der Waals surface area contributed by atoms with Crippen molar-refractivity contribution >= 4 is 22.8 Å². The zero-order valence-electron chi connectivity index (χ0n) is 21.7. The number of carbonyl (C=O) groups is 2. The number of amides is 2. The van der Waals surface area contributed by atoms with E-state index in [1.54, 1.807) is 0 Å². The molecule has 5 fully saturated rings. The van der Waals surface area contributed by atoms with Crippen LogP contribution in [0.3, 0.4) is 0 Å². The second-order valence-corrected chi connectivity index (χ2v) is 12.5.